The summed E-state index contributed by atoms with van der Waals surface area (Å²) < 4.78 is 5.42. The largest absolute Gasteiger partial charge is 0.497 e. The van der Waals surface area contributed by atoms with E-state index >= 15 is 0 Å². The number of benzene rings is 1. The number of ether oxygens (including phenoxy) is 1. The van der Waals surface area contributed by atoms with Gasteiger partial charge in [-0.3, -0.25) is 0 Å². The van der Waals surface area contributed by atoms with Gasteiger partial charge in [0.25, 0.3) is 0 Å². The Kier molecular flexibility index (Phi) is 11.2. The Balaban J connectivity index is 3.47. The maximum Gasteiger partial charge on any atom is 0.116 e. The van der Waals surface area contributed by atoms with Crippen LogP contribution >= 0.6 is 0 Å². The Morgan fingerprint density at radius 1 is 1.19 bits per heavy atom. The van der Waals surface area contributed by atoms with Crippen LogP contribution < -0.4 is 5.32 Å². The van der Waals surface area contributed by atoms with Crippen molar-refractivity contribution in [2.75, 3.05) is 7.11 Å². The van der Waals surface area contributed by atoms with Gasteiger partial charge in [0.2, 0.25) is 0 Å². The number of methoxy groups -OCH3 is 1. The summed E-state index contributed by atoms with van der Waals surface area (Å²) in [7, 11) is 1.67. The summed E-state index contributed by atoms with van der Waals surface area (Å²) in [6.45, 7) is 21.1. The monoisotopic (exact) mass is 417 g/mol. The van der Waals surface area contributed by atoms with Gasteiger partial charge in [0.05, 0.1) is 13.2 Å². The van der Waals surface area contributed by atoms with Gasteiger partial charge in [0.15, 0.2) is 0 Å². The Morgan fingerprint density at radius 3 is 2.42 bits per heavy atom. The van der Waals surface area contributed by atoms with Crippen molar-refractivity contribution in [2.45, 2.75) is 54.0 Å². The third-order valence-electron chi connectivity index (χ3n) is 5.19. The third-order valence-corrected chi connectivity index (χ3v) is 5.19. The molecule has 1 unspecified atom stereocenters. The molecule has 0 bridgehead atoms. The van der Waals surface area contributed by atoms with Gasteiger partial charge in [-0.2, -0.15) is 0 Å². The lowest BCUT2D eigenvalue weighted by Gasteiger charge is -2.26. The topological polar surface area (TPSA) is 21.3 Å². The normalized spacial score (nSPS) is 14.5. The SMILES string of the molecule is C=C/C(=C\C(=C/C)OC)NC(C(=C)/C(=C/C)c1ccc(C)cc1C)/C(C)=C/C=C\CC. The molecule has 2 nitrogen and oxygen atoms in total. The van der Waals surface area contributed by atoms with Gasteiger partial charge < -0.3 is 10.1 Å². The molecule has 1 aromatic rings. The summed E-state index contributed by atoms with van der Waals surface area (Å²) in [6, 6.07) is 6.46. The molecule has 0 heterocycles. The van der Waals surface area contributed by atoms with E-state index in [1.54, 1.807) is 7.11 Å². The van der Waals surface area contributed by atoms with Crippen LogP contribution in [-0.2, 0) is 4.74 Å². The van der Waals surface area contributed by atoms with Crippen LogP contribution in [0.4, 0.5) is 0 Å². The maximum absolute atomic E-state index is 5.42. The summed E-state index contributed by atoms with van der Waals surface area (Å²) in [5, 5.41) is 3.62. The van der Waals surface area contributed by atoms with Crippen LogP contribution in [0.15, 0.2) is 96.5 Å². The van der Waals surface area contributed by atoms with Gasteiger partial charge >= 0.3 is 0 Å². The molecule has 0 saturated carbocycles. The quantitative estimate of drug-likeness (QED) is 0.293. The Morgan fingerprint density at radius 2 is 1.90 bits per heavy atom. The molecule has 1 atom stereocenters. The number of hydrogen-bond donors (Lipinski definition) is 1. The van der Waals surface area contributed by atoms with Crippen molar-refractivity contribution in [3.05, 3.63) is 113 Å². The van der Waals surface area contributed by atoms with E-state index in [2.05, 4.69) is 95.6 Å². The second-order valence-electron chi connectivity index (χ2n) is 7.57. The number of rotatable bonds is 11. The molecule has 0 aliphatic carbocycles. The molecule has 31 heavy (non-hydrogen) atoms. The molecular formula is C29H39NO. The highest BCUT2D eigenvalue weighted by Gasteiger charge is 2.20. The second kappa shape index (κ2) is 13.3. The number of hydrogen-bond acceptors (Lipinski definition) is 2. The lowest BCUT2D eigenvalue weighted by molar-refractivity contribution is 0.305. The van der Waals surface area contributed by atoms with Crippen molar-refractivity contribution in [1.82, 2.24) is 5.32 Å². The second-order valence-corrected chi connectivity index (χ2v) is 7.57. The maximum atomic E-state index is 5.42. The summed E-state index contributed by atoms with van der Waals surface area (Å²) in [6.07, 6.45) is 15.2. The van der Waals surface area contributed by atoms with Gasteiger partial charge in [0, 0.05) is 11.8 Å². The first-order valence-corrected chi connectivity index (χ1v) is 10.9. The first kappa shape index (κ1) is 26.0. The first-order chi connectivity index (χ1) is 14.8. The summed E-state index contributed by atoms with van der Waals surface area (Å²) >= 11 is 0. The first-order valence-electron chi connectivity index (χ1n) is 10.9. The highest BCUT2D eigenvalue weighted by molar-refractivity contribution is 5.82. The highest BCUT2D eigenvalue weighted by Crippen LogP contribution is 2.30. The molecule has 2 heteroatoms. The van der Waals surface area contributed by atoms with Crippen LogP contribution in [0.25, 0.3) is 5.57 Å². The fourth-order valence-corrected chi connectivity index (χ4v) is 3.45. The van der Waals surface area contributed by atoms with Gasteiger partial charge in [-0.1, -0.05) is 68.1 Å². The summed E-state index contributed by atoms with van der Waals surface area (Å²) in [5.41, 5.74) is 7.92. The van der Waals surface area contributed by atoms with Crippen molar-refractivity contribution in [3.63, 3.8) is 0 Å². The molecule has 0 aromatic heterocycles. The molecule has 0 amide bonds. The number of aryl methyl sites for hydroxylation is 2. The van der Waals surface area contributed by atoms with Crippen molar-refractivity contribution in [3.8, 4) is 0 Å². The van der Waals surface area contributed by atoms with Crippen molar-refractivity contribution in [2.24, 2.45) is 0 Å². The van der Waals surface area contributed by atoms with Crippen LogP contribution in [0.5, 0.6) is 0 Å². The van der Waals surface area contributed by atoms with Crippen molar-refractivity contribution < 1.29 is 4.74 Å². The van der Waals surface area contributed by atoms with E-state index in [4.69, 9.17) is 4.74 Å². The fourth-order valence-electron chi connectivity index (χ4n) is 3.45. The molecule has 0 saturated heterocycles. The predicted octanol–water partition coefficient (Wildman–Crippen LogP) is 7.75. The van der Waals surface area contributed by atoms with Crippen molar-refractivity contribution in [1.29, 1.82) is 0 Å². The van der Waals surface area contributed by atoms with Crippen LogP contribution in [0, 0.1) is 13.8 Å². The van der Waals surface area contributed by atoms with Crippen LogP contribution in [0.3, 0.4) is 0 Å². The molecule has 0 aliphatic rings. The minimum Gasteiger partial charge on any atom is -0.497 e. The average molecular weight is 418 g/mol. The fraction of sp³-hybridized carbons (Fsp3) is 0.310. The Hall–Kier alpha value is -3.00. The van der Waals surface area contributed by atoms with Gasteiger partial charge in [-0.25, -0.2) is 0 Å². The molecule has 0 radical (unpaired) electrons. The molecule has 1 aromatic carbocycles. The van der Waals surface area contributed by atoms with Gasteiger partial charge in [-0.15, -0.1) is 0 Å². The van der Waals surface area contributed by atoms with Crippen LogP contribution in [-0.4, -0.2) is 13.2 Å². The van der Waals surface area contributed by atoms with E-state index < -0.39 is 0 Å². The molecule has 166 valence electrons. The third kappa shape index (κ3) is 7.64. The number of nitrogens with one attached hydrogen (secondary N) is 1. The van der Waals surface area contributed by atoms with Crippen molar-refractivity contribution >= 4 is 5.57 Å². The minimum absolute atomic E-state index is 0.0902. The van der Waals surface area contributed by atoms with E-state index in [0.717, 1.165) is 29.0 Å². The molecule has 0 aliphatic heterocycles. The Bertz CT molecular complexity index is 922. The predicted molar refractivity (Wildman–Crippen MR) is 138 cm³/mol. The number of allylic oxidation sites excluding steroid dienone is 7. The average Bonchev–Trinajstić information content (AvgIpc) is 2.76. The van der Waals surface area contributed by atoms with Crippen LogP contribution in [0.1, 0.15) is 50.8 Å². The minimum atomic E-state index is -0.0902. The highest BCUT2D eigenvalue weighted by atomic mass is 16.5. The standard InChI is InChI=1S/C29H39NO/c1-10-14-15-16-22(6)29(30-25(11-2)20-26(12-3)31-9)24(8)27(13-4)28-18-17-21(5)19-23(28)7/h11-20,29-30H,2,8,10H2,1,3-7,9H3/b15-14-,22-16+,25-20+,26-12+,27-13-. The van der Waals surface area contributed by atoms with E-state index in [1.165, 1.54) is 22.3 Å². The molecular weight excluding hydrogens is 378 g/mol. The Labute approximate surface area is 190 Å². The van der Waals surface area contributed by atoms with Gasteiger partial charge in [0.1, 0.15) is 5.76 Å². The van der Waals surface area contributed by atoms with Gasteiger partial charge in [-0.05, 0) is 81.0 Å². The summed E-state index contributed by atoms with van der Waals surface area (Å²) in [4.78, 5) is 0. The molecule has 0 spiro atoms. The molecule has 1 rings (SSSR count). The van der Waals surface area contributed by atoms with E-state index in [9.17, 15) is 0 Å². The molecule has 0 fully saturated rings. The lowest BCUT2D eigenvalue weighted by atomic mass is 9.87. The van der Waals surface area contributed by atoms with Crippen LogP contribution in [0.2, 0.25) is 0 Å². The zero-order valence-corrected chi connectivity index (χ0v) is 20.4. The zero-order valence-electron chi connectivity index (χ0n) is 20.4. The van der Waals surface area contributed by atoms with E-state index in [1.807, 2.05) is 25.2 Å². The zero-order chi connectivity index (χ0) is 23.4. The molecule has 1 N–H and O–H groups in total. The summed E-state index contributed by atoms with van der Waals surface area (Å²) in [5.74, 6) is 0.778. The smallest absolute Gasteiger partial charge is 0.116 e. The van der Waals surface area contributed by atoms with E-state index in [0.29, 0.717) is 0 Å². The van der Waals surface area contributed by atoms with E-state index in [-0.39, 0.29) is 6.04 Å². The lowest BCUT2D eigenvalue weighted by Crippen LogP contribution is -2.31.